The van der Waals surface area contributed by atoms with Crippen molar-refractivity contribution in [3.63, 3.8) is 0 Å². The SMILES string of the molecule is CC[C@@H](C)c1ccc(NC(=O)c2oc3ccc(Cl)cc3c2C)cc1. The van der Waals surface area contributed by atoms with E-state index in [0.29, 0.717) is 22.3 Å². The molecule has 0 unspecified atom stereocenters. The second kappa shape index (κ2) is 6.70. The number of amides is 1. The number of halogens is 1. The van der Waals surface area contributed by atoms with Gasteiger partial charge in [0, 0.05) is 21.7 Å². The van der Waals surface area contributed by atoms with E-state index in [-0.39, 0.29) is 5.91 Å². The zero-order chi connectivity index (χ0) is 17.3. The standard InChI is InChI=1S/C20H20ClNO2/c1-4-12(2)14-5-8-16(9-6-14)22-20(23)19-13(3)17-11-15(21)7-10-18(17)24-19/h5-12H,4H2,1-3H3,(H,22,23)/t12-/m1/s1. The second-order valence-corrected chi connectivity index (χ2v) is 6.52. The highest BCUT2D eigenvalue weighted by Crippen LogP contribution is 2.28. The number of anilines is 1. The minimum absolute atomic E-state index is 0.254. The smallest absolute Gasteiger partial charge is 0.291 e. The molecule has 0 saturated heterocycles. The fourth-order valence-corrected chi connectivity index (χ4v) is 2.90. The van der Waals surface area contributed by atoms with Crippen molar-refractivity contribution in [1.29, 1.82) is 0 Å². The number of carbonyl (C=O) groups excluding carboxylic acids is 1. The van der Waals surface area contributed by atoms with Crippen LogP contribution < -0.4 is 5.32 Å². The maximum atomic E-state index is 12.5. The van der Waals surface area contributed by atoms with Gasteiger partial charge in [0.25, 0.3) is 5.91 Å². The van der Waals surface area contributed by atoms with Gasteiger partial charge in [0.15, 0.2) is 5.76 Å². The number of hydrogen-bond donors (Lipinski definition) is 1. The van der Waals surface area contributed by atoms with Gasteiger partial charge in [0.1, 0.15) is 5.58 Å². The van der Waals surface area contributed by atoms with Crippen molar-refractivity contribution in [3.8, 4) is 0 Å². The fourth-order valence-electron chi connectivity index (χ4n) is 2.73. The first kappa shape index (κ1) is 16.6. The zero-order valence-corrected chi connectivity index (χ0v) is 14.8. The Morgan fingerprint density at radius 2 is 1.92 bits per heavy atom. The monoisotopic (exact) mass is 341 g/mol. The zero-order valence-electron chi connectivity index (χ0n) is 14.0. The first-order chi connectivity index (χ1) is 11.5. The quantitative estimate of drug-likeness (QED) is 0.617. The Balaban J connectivity index is 1.83. The summed E-state index contributed by atoms with van der Waals surface area (Å²) in [4.78, 5) is 12.5. The average molecular weight is 342 g/mol. The van der Waals surface area contributed by atoms with E-state index >= 15 is 0 Å². The molecule has 124 valence electrons. The molecule has 1 amide bonds. The number of carbonyl (C=O) groups is 1. The highest BCUT2D eigenvalue weighted by Gasteiger charge is 2.18. The van der Waals surface area contributed by atoms with Crippen LogP contribution in [0.3, 0.4) is 0 Å². The molecule has 0 aliphatic rings. The topological polar surface area (TPSA) is 42.2 Å². The summed E-state index contributed by atoms with van der Waals surface area (Å²) < 4.78 is 5.70. The normalized spacial score (nSPS) is 12.3. The molecule has 0 saturated carbocycles. The third kappa shape index (κ3) is 3.17. The third-order valence-electron chi connectivity index (χ3n) is 4.45. The fraction of sp³-hybridized carbons (Fsp3) is 0.250. The van der Waals surface area contributed by atoms with E-state index < -0.39 is 0 Å². The lowest BCUT2D eigenvalue weighted by Crippen LogP contribution is -2.12. The van der Waals surface area contributed by atoms with Gasteiger partial charge in [-0.2, -0.15) is 0 Å². The van der Waals surface area contributed by atoms with E-state index in [9.17, 15) is 4.79 Å². The van der Waals surface area contributed by atoms with Gasteiger partial charge in [0.05, 0.1) is 0 Å². The van der Waals surface area contributed by atoms with Crippen molar-refractivity contribution in [2.45, 2.75) is 33.1 Å². The van der Waals surface area contributed by atoms with Crippen molar-refractivity contribution in [2.75, 3.05) is 5.32 Å². The molecule has 3 rings (SSSR count). The summed E-state index contributed by atoms with van der Waals surface area (Å²) in [6, 6.07) is 13.3. The summed E-state index contributed by atoms with van der Waals surface area (Å²) in [5, 5.41) is 4.38. The number of nitrogens with one attached hydrogen (secondary N) is 1. The van der Waals surface area contributed by atoms with Gasteiger partial charge in [-0.05, 0) is 55.2 Å². The Morgan fingerprint density at radius 3 is 2.58 bits per heavy atom. The van der Waals surface area contributed by atoms with Gasteiger partial charge in [0.2, 0.25) is 0 Å². The molecule has 4 heteroatoms. The largest absolute Gasteiger partial charge is 0.451 e. The molecule has 0 fully saturated rings. The van der Waals surface area contributed by atoms with E-state index in [2.05, 4.69) is 31.3 Å². The van der Waals surface area contributed by atoms with Crippen molar-refractivity contribution in [1.82, 2.24) is 0 Å². The van der Waals surface area contributed by atoms with Crippen molar-refractivity contribution >= 4 is 34.2 Å². The van der Waals surface area contributed by atoms with E-state index in [0.717, 1.165) is 23.1 Å². The molecular weight excluding hydrogens is 322 g/mol. The van der Waals surface area contributed by atoms with Crippen LogP contribution in [-0.2, 0) is 0 Å². The summed E-state index contributed by atoms with van der Waals surface area (Å²) in [7, 11) is 0. The van der Waals surface area contributed by atoms with Crippen LogP contribution in [0.25, 0.3) is 11.0 Å². The number of aryl methyl sites for hydroxylation is 1. The lowest BCUT2D eigenvalue weighted by Gasteiger charge is -2.10. The van der Waals surface area contributed by atoms with Crippen LogP contribution in [0.5, 0.6) is 0 Å². The van der Waals surface area contributed by atoms with Gasteiger partial charge < -0.3 is 9.73 Å². The summed E-state index contributed by atoms with van der Waals surface area (Å²) in [5.74, 6) is 0.575. The number of fused-ring (bicyclic) bond motifs is 1. The summed E-state index contributed by atoms with van der Waals surface area (Å²) in [6.45, 7) is 6.22. The minimum atomic E-state index is -0.254. The number of benzene rings is 2. The highest BCUT2D eigenvalue weighted by atomic mass is 35.5. The lowest BCUT2D eigenvalue weighted by molar-refractivity contribution is 0.0998. The van der Waals surface area contributed by atoms with E-state index in [1.54, 1.807) is 12.1 Å². The van der Waals surface area contributed by atoms with Crippen molar-refractivity contribution < 1.29 is 9.21 Å². The Labute approximate surface area is 146 Å². The molecule has 3 nitrogen and oxygen atoms in total. The Morgan fingerprint density at radius 1 is 1.21 bits per heavy atom. The number of hydrogen-bond acceptors (Lipinski definition) is 2. The Kier molecular flexibility index (Phi) is 4.63. The van der Waals surface area contributed by atoms with Crippen molar-refractivity contribution in [2.24, 2.45) is 0 Å². The molecule has 1 heterocycles. The van der Waals surface area contributed by atoms with Crippen LogP contribution >= 0.6 is 11.6 Å². The summed E-state index contributed by atoms with van der Waals surface area (Å²) >= 11 is 6.02. The molecule has 1 N–H and O–H groups in total. The molecule has 0 radical (unpaired) electrons. The van der Waals surface area contributed by atoms with E-state index in [1.807, 2.05) is 25.1 Å². The molecule has 1 aromatic heterocycles. The molecule has 0 aliphatic heterocycles. The Bertz CT molecular complexity index is 881. The van der Waals surface area contributed by atoms with Crippen molar-refractivity contribution in [3.05, 3.63) is 64.4 Å². The van der Waals surface area contributed by atoms with Crippen LogP contribution in [-0.4, -0.2) is 5.91 Å². The maximum Gasteiger partial charge on any atom is 0.291 e. The van der Waals surface area contributed by atoms with Gasteiger partial charge in [-0.15, -0.1) is 0 Å². The molecule has 24 heavy (non-hydrogen) atoms. The van der Waals surface area contributed by atoms with E-state index in [4.69, 9.17) is 16.0 Å². The number of rotatable bonds is 4. The highest BCUT2D eigenvalue weighted by molar-refractivity contribution is 6.31. The molecule has 0 aliphatic carbocycles. The molecule has 1 atom stereocenters. The minimum Gasteiger partial charge on any atom is -0.451 e. The molecule has 0 bridgehead atoms. The Hall–Kier alpha value is -2.26. The molecule has 3 aromatic rings. The molecule has 2 aromatic carbocycles. The van der Waals surface area contributed by atoms with Crippen LogP contribution in [0.2, 0.25) is 5.02 Å². The molecule has 0 spiro atoms. The number of furan rings is 1. The van der Waals surface area contributed by atoms with Gasteiger partial charge >= 0.3 is 0 Å². The third-order valence-corrected chi connectivity index (χ3v) is 4.69. The van der Waals surface area contributed by atoms with Gasteiger partial charge in [-0.1, -0.05) is 37.6 Å². The average Bonchev–Trinajstić information content (AvgIpc) is 2.91. The maximum absolute atomic E-state index is 12.5. The van der Waals surface area contributed by atoms with Crippen LogP contribution in [0.4, 0.5) is 5.69 Å². The lowest BCUT2D eigenvalue weighted by atomic mass is 9.99. The van der Waals surface area contributed by atoms with E-state index in [1.165, 1.54) is 5.56 Å². The van der Waals surface area contributed by atoms with Crippen LogP contribution in [0.1, 0.15) is 47.9 Å². The van der Waals surface area contributed by atoms with Gasteiger partial charge in [-0.25, -0.2) is 0 Å². The van der Waals surface area contributed by atoms with Gasteiger partial charge in [-0.3, -0.25) is 4.79 Å². The molecular formula is C20H20ClNO2. The second-order valence-electron chi connectivity index (χ2n) is 6.08. The predicted octanol–water partition coefficient (Wildman–Crippen LogP) is 6.16. The summed E-state index contributed by atoms with van der Waals surface area (Å²) in [6.07, 6.45) is 1.09. The first-order valence-electron chi connectivity index (χ1n) is 8.09. The van der Waals surface area contributed by atoms with Crippen LogP contribution in [0, 0.1) is 6.92 Å². The first-order valence-corrected chi connectivity index (χ1v) is 8.47. The predicted molar refractivity (Wildman–Crippen MR) is 99.1 cm³/mol. The summed E-state index contributed by atoms with van der Waals surface area (Å²) in [5.41, 5.74) is 3.48. The van der Waals surface area contributed by atoms with Crippen LogP contribution in [0.15, 0.2) is 46.9 Å².